The largest absolute Gasteiger partial charge is 0.347 e. The minimum atomic E-state index is -1.08. The summed E-state index contributed by atoms with van der Waals surface area (Å²) in [5.74, 6) is -1.08. The minimum absolute atomic E-state index is 0.00449. The number of methoxy groups -OCH3 is 1. The number of carbonyl (C=O) groups excluding carboxylic acids is 1. The molecule has 0 spiro atoms. The van der Waals surface area contributed by atoms with Gasteiger partial charge in [-0.15, -0.1) is 0 Å². The summed E-state index contributed by atoms with van der Waals surface area (Å²) in [6, 6.07) is 0. The van der Waals surface area contributed by atoms with E-state index in [2.05, 4.69) is 0 Å². The monoisotopic (exact) mass is 146 g/mol. The second-order valence-corrected chi connectivity index (χ2v) is 2.50. The molecule has 0 aliphatic heterocycles. The molecule has 0 aliphatic carbocycles. The Hall–Kier alpha value is -0.410. The molecular formula is C7H14O3. The van der Waals surface area contributed by atoms with Crippen LogP contribution in [0.25, 0.3) is 0 Å². The molecule has 0 saturated carbocycles. The van der Waals surface area contributed by atoms with Crippen molar-refractivity contribution in [1.29, 1.82) is 0 Å². The molecule has 0 heterocycles. The molecule has 0 aliphatic rings. The lowest BCUT2D eigenvalue weighted by molar-refractivity contribution is -0.212. The molecule has 3 nitrogen and oxygen atoms in total. The van der Waals surface area contributed by atoms with Crippen LogP contribution in [0.15, 0.2) is 0 Å². The van der Waals surface area contributed by atoms with Crippen LogP contribution < -0.4 is 0 Å². The molecule has 10 heavy (non-hydrogen) atoms. The highest BCUT2D eigenvalue weighted by Gasteiger charge is 2.24. The Morgan fingerprint density at radius 3 is 2.10 bits per heavy atom. The summed E-state index contributed by atoms with van der Waals surface area (Å²) in [7, 11) is 1.44. The van der Waals surface area contributed by atoms with Gasteiger partial charge in [0, 0.05) is 7.11 Å². The van der Waals surface area contributed by atoms with Crippen molar-refractivity contribution in [1.82, 2.24) is 0 Å². The lowest BCUT2D eigenvalue weighted by Crippen LogP contribution is -2.35. The summed E-state index contributed by atoms with van der Waals surface area (Å²) in [5, 5.41) is 0. The van der Waals surface area contributed by atoms with Crippen molar-refractivity contribution in [2.45, 2.75) is 32.7 Å². The quantitative estimate of drug-likeness (QED) is 0.438. The van der Waals surface area contributed by atoms with Gasteiger partial charge in [0.25, 0.3) is 0 Å². The molecule has 0 aromatic heterocycles. The molecule has 3 heteroatoms. The van der Waals surface area contributed by atoms with Gasteiger partial charge >= 0.3 is 0 Å². The van der Waals surface area contributed by atoms with E-state index >= 15 is 0 Å². The average Bonchev–Trinajstić information content (AvgIpc) is 1.87. The molecule has 0 saturated heterocycles. The summed E-state index contributed by atoms with van der Waals surface area (Å²) < 4.78 is 9.95. The van der Waals surface area contributed by atoms with Crippen LogP contribution in [0.5, 0.6) is 0 Å². The maximum Gasteiger partial charge on any atom is 0.222 e. The van der Waals surface area contributed by atoms with Gasteiger partial charge in [-0.2, -0.15) is 0 Å². The molecule has 0 N–H and O–H groups in total. The molecule has 0 radical (unpaired) electrons. The van der Waals surface area contributed by atoms with E-state index in [0.717, 1.165) is 0 Å². The third kappa shape index (κ3) is 2.94. The van der Waals surface area contributed by atoms with E-state index in [9.17, 15) is 4.79 Å². The van der Waals surface area contributed by atoms with E-state index in [4.69, 9.17) is 9.47 Å². The van der Waals surface area contributed by atoms with Crippen molar-refractivity contribution >= 4 is 6.29 Å². The zero-order chi connectivity index (χ0) is 8.20. The van der Waals surface area contributed by atoms with Crippen LogP contribution in [-0.4, -0.2) is 25.3 Å². The summed E-state index contributed by atoms with van der Waals surface area (Å²) in [5.41, 5.74) is 0. The van der Waals surface area contributed by atoms with Crippen molar-refractivity contribution < 1.29 is 14.3 Å². The molecular weight excluding hydrogens is 132 g/mol. The van der Waals surface area contributed by atoms with E-state index in [0.29, 0.717) is 6.29 Å². The van der Waals surface area contributed by atoms with Crippen LogP contribution in [-0.2, 0) is 14.3 Å². The number of hydrogen-bond donors (Lipinski definition) is 0. The molecule has 0 amide bonds. The summed E-state index contributed by atoms with van der Waals surface area (Å²) in [4.78, 5) is 10.3. The van der Waals surface area contributed by atoms with Gasteiger partial charge in [-0.25, -0.2) is 0 Å². The fraction of sp³-hybridized carbons (Fsp3) is 0.857. The highest BCUT2D eigenvalue weighted by molar-refractivity contribution is 5.59. The first kappa shape index (κ1) is 9.59. The summed E-state index contributed by atoms with van der Waals surface area (Å²) >= 11 is 0. The Bertz CT molecular complexity index is 111. The predicted octanol–water partition coefficient (Wildman–Crippen LogP) is 0.973. The zero-order valence-electron chi connectivity index (χ0n) is 6.88. The predicted molar refractivity (Wildman–Crippen MR) is 37.7 cm³/mol. The normalized spacial score (nSPS) is 16.9. The second-order valence-electron chi connectivity index (χ2n) is 2.50. The fourth-order valence-electron chi connectivity index (χ4n) is 0.592. The first-order valence-corrected chi connectivity index (χ1v) is 3.23. The van der Waals surface area contributed by atoms with Gasteiger partial charge in [-0.3, -0.25) is 4.79 Å². The molecule has 1 atom stereocenters. The number of ether oxygens (including phenoxy) is 2. The third-order valence-corrected chi connectivity index (χ3v) is 1.09. The SMILES string of the molecule is COC(C)(C=O)OC(C)C. The topological polar surface area (TPSA) is 35.5 Å². The molecule has 60 valence electrons. The Labute approximate surface area is 61.3 Å². The molecule has 0 fully saturated rings. The Kier molecular flexibility index (Phi) is 3.53. The van der Waals surface area contributed by atoms with E-state index in [1.807, 2.05) is 13.8 Å². The number of aldehydes is 1. The fourth-order valence-corrected chi connectivity index (χ4v) is 0.592. The highest BCUT2D eigenvalue weighted by Crippen LogP contribution is 2.09. The Morgan fingerprint density at radius 1 is 1.50 bits per heavy atom. The van der Waals surface area contributed by atoms with Crippen LogP contribution in [0.1, 0.15) is 20.8 Å². The van der Waals surface area contributed by atoms with Gasteiger partial charge in [0.15, 0.2) is 6.29 Å². The van der Waals surface area contributed by atoms with E-state index in [-0.39, 0.29) is 6.10 Å². The van der Waals surface area contributed by atoms with Gasteiger partial charge in [0.05, 0.1) is 6.10 Å². The molecule has 0 aromatic carbocycles. The number of hydrogen-bond acceptors (Lipinski definition) is 3. The van der Waals surface area contributed by atoms with E-state index in [1.165, 1.54) is 7.11 Å². The smallest absolute Gasteiger partial charge is 0.222 e. The second kappa shape index (κ2) is 3.68. The van der Waals surface area contributed by atoms with Crippen LogP contribution in [0.4, 0.5) is 0 Å². The maximum atomic E-state index is 10.3. The van der Waals surface area contributed by atoms with Gasteiger partial charge in [0.2, 0.25) is 5.79 Å². The van der Waals surface area contributed by atoms with Crippen molar-refractivity contribution in [2.75, 3.05) is 7.11 Å². The third-order valence-electron chi connectivity index (χ3n) is 1.09. The first-order chi connectivity index (χ1) is 4.54. The minimum Gasteiger partial charge on any atom is -0.347 e. The van der Waals surface area contributed by atoms with E-state index in [1.54, 1.807) is 6.92 Å². The van der Waals surface area contributed by atoms with Crippen LogP contribution >= 0.6 is 0 Å². The average molecular weight is 146 g/mol. The zero-order valence-corrected chi connectivity index (χ0v) is 6.88. The number of carbonyl (C=O) groups is 1. The maximum absolute atomic E-state index is 10.3. The van der Waals surface area contributed by atoms with Crippen molar-refractivity contribution in [2.24, 2.45) is 0 Å². The van der Waals surface area contributed by atoms with Gasteiger partial charge in [0.1, 0.15) is 0 Å². The van der Waals surface area contributed by atoms with Crippen molar-refractivity contribution in [3.63, 3.8) is 0 Å². The van der Waals surface area contributed by atoms with Crippen molar-refractivity contribution in [3.8, 4) is 0 Å². The van der Waals surface area contributed by atoms with Gasteiger partial charge in [-0.1, -0.05) is 0 Å². The lowest BCUT2D eigenvalue weighted by atomic mass is 10.3. The van der Waals surface area contributed by atoms with Crippen LogP contribution in [0, 0.1) is 0 Å². The van der Waals surface area contributed by atoms with Gasteiger partial charge in [-0.05, 0) is 20.8 Å². The van der Waals surface area contributed by atoms with Crippen LogP contribution in [0.3, 0.4) is 0 Å². The lowest BCUT2D eigenvalue weighted by Gasteiger charge is -2.23. The Morgan fingerprint density at radius 2 is 2.00 bits per heavy atom. The van der Waals surface area contributed by atoms with Gasteiger partial charge < -0.3 is 9.47 Å². The summed E-state index contributed by atoms with van der Waals surface area (Å²) in [6.45, 7) is 5.28. The van der Waals surface area contributed by atoms with Crippen LogP contribution in [0.2, 0.25) is 0 Å². The highest BCUT2D eigenvalue weighted by atomic mass is 16.7. The van der Waals surface area contributed by atoms with E-state index < -0.39 is 5.79 Å². The molecule has 1 unspecified atom stereocenters. The number of rotatable bonds is 4. The molecule has 0 bridgehead atoms. The first-order valence-electron chi connectivity index (χ1n) is 3.23. The van der Waals surface area contributed by atoms with Crippen molar-refractivity contribution in [3.05, 3.63) is 0 Å². The summed E-state index contributed by atoms with van der Waals surface area (Å²) in [6.07, 6.45) is 0.641. The standard InChI is InChI=1S/C7H14O3/c1-6(2)10-7(3,5-8)9-4/h5-6H,1-4H3. The molecule has 0 aromatic rings. The molecule has 0 rings (SSSR count). The Balaban J connectivity index is 3.92.